The Morgan fingerprint density at radius 2 is 1.92 bits per heavy atom. The molecule has 0 unspecified atom stereocenters. The van der Waals surface area contributed by atoms with Gasteiger partial charge in [0.15, 0.2) is 5.96 Å². The molecule has 2 aromatic rings. The number of rotatable bonds is 7. The van der Waals surface area contributed by atoms with Gasteiger partial charge in [0.2, 0.25) is 0 Å². The first kappa shape index (κ1) is 18.8. The van der Waals surface area contributed by atoms with Gasteiger partial charge < -0.3 is 15.4 Å². The summed E-state index contributed by atoms with van der Waals surface area (Å²) in [6.45, 7) is 5.25. The molecule has 0 saturated heterocycles. The first-order chi connectivity index (χ1) is 12.1. The normalized spacial score (nSPS) is 11.5. The van der Waals surface area contributed by atoms with Crippen LogP contribution in [0.4, 0.5) is 4.39 Å². The predicted octanol–water partition coefficient (Wildman–Crippen LogP) is 3.52. The number of benzene rings is 2. The molecule has 0 spiro atoms. The fourth-order valence-corrected chi connectivity index (χ4v) is 2.42. The van der Waals surface area contributed by atoms with E-state index in [1.165, 1.54) is 6.07 Å². The molecule has 0 aliphatic carbocycles. The quantitative estimate of drug-likeness (QED) is 0.597. The molecule has 25 heavy (non-hydrogen) atoms. The largest absolute Gasteiger partial charge is 0.491 e. The summed E-state index contributed by atoms with van der Waals surface area (Å²) in [6.07, 6.45) is 0.751. The number of aliphatic imine (C=N–C) groups is 1. The number of hydrogen-bond donors (Lipinski definition) is 2. The molecule has 0 heterocycles. The minimum Gasteiger partial charge on any atom is -0.491 e. The van der Waals surface area contributed by atoms with Crippen LogP contribution in [0.2, 0.25) is 0 Å². The lowest BCUT2D eigenvalue weighted by atomic mass is 10.1. The minimum absolute atomic E-state index is 0.149. The summed E-state index contributed by atoms with van der Waals surface area (Å²) in [5, 5.41) is 6.46. The monoisotopic (exact) mass is 343 g/mol. The van der Waals surface area contributed by atoms with Gasteiger partial charge in [-0.2, -0.15) is 0 Å². The van der Waals surface area contributed by atoms with Crippen molar-refractivity contribution in [1.82, 2.24) is 10.6 Å². The Hall–Kier alpha value is -2.56. The Morgan fingerprint density at radius 3 is 2.64 bits per heavy atom. The Labute approximate surface area is 149 Å². The van der Waals surface area contributed by atoms with Crippen LogP contribution in [-0.4, -0.2) is 25.7 Å². The van der Waals surface area contributed by atoms with Gasteiger partial charge >= 0.3 is 0 Å². The van der Waals surface area contributed by atoms with Crippen LogP contribution in [0.1, 0.15) is 25.0 Å². The van der Waals surface area contributed by atoms with Crippen LogP contribution >= 0.6 is 0 Å². The first-order valence-electron chi connectivity index (χ1n) is 8.52. The number of guanidine groups is 1. The van der Waals surface area contributed by atoms with Gasteiger partial charge in [0.1, 0.15) is 11.6 Å². The smallest absolute Gasteiger partial charge is 0.191 e. The van der Waals surface area contributed by atoms with Crippen molar-refractivity contribution in [1.29, 1.82) is 0 Å². The SMILES string of the molecule is CN=C(NCCc1ccccc1F)NCc1cccc(OC(C)C)c1. The molecular formula is C20H26FN3O. The third kappa shape index (κ3) is 6.45. The second kappa shape index (κ2) is 9.67. The van der Waals surface area contributed by atoms with Gasteiger partial charge in [-0.1, -0.05) is 30.3 Å². The number of nitrogens with zero attached hydrogens (tertiary/aromatic N) is 1. The topological polar surface area (TPSA) is 45.7 Å². The van der Waals surface area contributed by atoms with E-state index in [-0.39, 0.29) is 11.9 Å². The van der Waals surface area contributed by atoms with Crippen molar-refractivity contribution in [2.24, 2.45) is 4.99 Å². The Kier molecular flexibility index (Phi) is 7.26. The lowest BCUT2D eigenvalue weighted by molar-refractivity contribution is 0.242. The van der Waals surface area contributed by atoms with Gasteiger partial charge in [-0.05, 0) is 49.6 Å². The van der Waals surface area contributed by atoms with Gasteiger partial charge in [-0.3, -0.25) is 4.99 Å². The van der Waals surface area contributed by atoms with Crippen LogP contribution in [-0.2, 0) is 13.0 Å². The van der Waals surface area contributed by atoms with Gasteiger partial charge in [-0.25, -0.2) is 4.39 Å². The number of hydrogen-bond acceptors (Lipinski definition) is 2. The molecule has 0 aliphatic rings. The van der Waals surface area contributed by atoms with Crippen molar-refractivity contribution in [2.45, 2.75) is 32.9 Å². The highest BCUT2D eigenvalue weighted by atomic mass is 19.1. The van der Waals surface area contributed by atoms with Crippen LogP contribution < -0.4 is 15.4 Å². The number of halogens is 1. The molecule has 2 rings (SSSR count). The maximum absolute atomic E-state index is 13.6. The molecule has 0 fully saturated rings. The van der Waals surface area contributed by atoms with Crippen LogP contribution in [0.3, 0.4) is 0 Å². The van der Waals surface area contributed by atoms with E-state index < -0.39 is 0 Å². The zero-order chi connectivity index (χ0) is 18.1. The maximum Gasteiger partial charge on any atom is 0.191 e. The lowest BCUT2D eigenvalue weighted by Crippen LogP contribution is -2.37. The van der Waals surface area contributed by atoms with Crippen LogP contribution in [0.5, 0.6) is 5.75 Å². The summed E-state index contributed by atoms with van der Waals surface area (Å²) in [5.41, 5.74) is 1.80. The van der Waals surface area contributed by atoms with E-state index in [9.17, 15) is 4.39 Å². The standard InChI is InChI=1S/C20H26FN3O/c1-15(2)25-18-9-6-7-16(13-18)14-24-20(22-3)23-12-11-17-8-4-5-10-19(17)21/h4-10,13,15H,11-12,14H2,1-3H3,(H2,22,23,24). The van der Waals surface area contributed by atoms with Crippen molar-refractivity contribution >= 4 is 5.96 Å². The highest BCUT2D eigenvalue weighted by molar-refractivity contribution is 5.79. The zero-order valence-electron chi connectivity index (χ0n) is 15.1. The lowest BCUT2D eigenvalue weighted by Gasteiger charge is -2.14. The van der Waals surface area contributed by atoms with E-state index in [2.05, 4.69) is 15.6 Å². The van der Waals surface area contributed by atoms with Crippen molar-refractivity contribution in [3.05, 3.63) is 65.5 Å². The maximum atomic E-state index is 13.6. The molecule has 0 aliphatic heterocycles. The molecule has 0 bridgehead atoms. The van der Waals surface area contributed by atoms with E-state index in [1.54, 1.807) is 19.2 Å². The van der Waals surface area contributed by atoms with E-state index >= 15 is 0 Å². The highest BCUT2D eigenvalue weighted by Gasteiger charge is 2.03. The predicted molar refractivity (Wildman–Crippen MR) is 101 cm³/mol. The summed E-state index contributed by atoms with van der Waals surface area (Å²) < 4.78 is 19.3. The molecule has 5 heteroatoms. The number of nitrogens with one attached hydrogen (secondary N) is 2. The van der Waals surface area contributed by atoms with Gasteiger partial charge in [0.25, 0.3) is 0 Å². The highest BCUT2D eigenvalue weighted by Crippen LogP contribution is 2.14. The molecule has 4 nitrogen and oxygen atoms in total. The molecule has 0 atom stereocenters. The van der Waals surface area contributed by atoms with Gasteiger partial charge in [0, 0.05) is 20.1 Å². The van der Waals surface area contributed by atoms with Crippen LogP contribution in [0.15, 0.2) is 53.5 Å². The second-order valence-electron chi connectivity index (χ2n) is 6.01. The number of ether oxygens (including phenoxy) is 1. The van der Waals surface area contributed by atoms with Crippen molar-refractivity contribution in [2.75, 3.05) is 13.6 Å². The summed E-state index contributed by atoms with van der Waals surface area (Å²) in [4.78, 5) is 4.20. The minimum atomic E-state index is -0.172. The Morgan fingerprint density at radius 1 is 1.12 bits per heavy atom. The fourth-order valence-electron chi connectivity index (χ4n) is 2.42. The van der Waals surface area contributed by atoms with Gasteiger partial charge in [0.05, 0.1) is 6.10 Å². The third-order valence-electron chi connectivity index (χ3n) is 3.60. The molecule has 2 N–H and O–H groups in total. The summed E-state index contributed by atoms with van der Waals surface area (Å²) >= 11 is 0. The molecule has 134 valence electrons. The zero-order valence-corrected chi connectivity index (χ0v) is 15.1. The Bertz CT molecular complexity index is 701. The summed E-state index contributed by atoms with van der Waals surface area (Å²) in [5.74, 6) is 1.37. The summed E-state index contributed by atoms with van der Waals surface area (Å²) in [7, 11) is 1.72. The first-order valence-corrected chi connectivity index (χ1v) is 8.52. The van der Waals surface area contributed by atoms with Crippen LogP contribution in [0.25, 0.3) is 0 Å². The third-order valence-corrected chi connectivity index (χ3v) is 3.60. The van der Waals surface area contributed by atoms with E-state index in [1.807, 2.05) is 44.2 Å². The van der Waals surface area contributed by atoms with E-state index in [0.29, 0.717) is 31.0 Å². The Balaban J connectivity index is 1.81. The molecular weight excluding hydrogens is 317 g/mol. The van der Waals surface area contributed by atoms with Crippen molar-refractivity contribution in [3.63, 3.8) is 0 Å². The molecule has 0 radical (unpaired) electrons. The molecule has 0 saturated carbocycles. The molecule has 0 amide bonds. The van der Waals surface area contributed by atoms with Crippen molar-refractivity contribution in [3.8, 4) is 5.75 Å². The van der Waals surface area contributed by atoms with Crippen molar-refractivity contribution < 1.29 is 9.13 Å². The van der Waals surface area contributed by atoms with E-state index in [4.69, 9.17) is 4.74 Å². The molecule has 0 aromatic heterocycles. The fraction of sp³-hybridized carbons (Fsp3) is 0.350. The second-order valence-corrected chi connectivity index (χ2v) is 6.01. The van der Waals surface area contributed by atoms with E-state index in [0.717, 1.165) is 11.3 Å². The van der Waals surface area contributed by atoms with Crippen LogP contribution in [0, 0.1) is 5.82 Å². The average molecular weight is 343 g/mol. The molecule has 2 aromatic carbocycles. The van der Waals surface area contributed by atoms with Gasteiger partial charge in [-0.15, -0.1) is 0 Å². The summed E-state index contributed by atoms with van der Waals surface area (Å²) in [6, 6.07) is 14.8. The average Bonchev–Trinajstić information content (AvgIpc) is 2.59.